The molecule has 2 N–H and O–H groups in total. The van der Waals surface area contributed by atoms with Crippen molar-refractivity contribution in [2.75, 3.05) is 25.2 Å². The van der Waals surface area contributed by atoms with Gasteiger partial charge in [0.2, 0.25) is 0 Å². The highest BCUT2D eigenvalue weighted by Crippen LogP contribution is 2.24. The molecule has 1 aromatic heterocycles. The molecule has 1 heterocycles. The van der Waals surface area contributed by atoms with E-state index in [1.807, 2.05) is 18.7 Å². The summed E-state index contributed by atoms with van der Waals surface area (Å²) in [5, 5.41) is 4.45. The Morgan fingerprint density at radius 2 is 2.18 bits per heavy atom. The Morgan fingerprint density at radius 3 is 2.65 bits per heavy atom. The van der Waals surface area contributed by atoms with E-state index in [2.05, 4.69) is 23.8 Å². The zero-order valence-corrected chi connectivity index (χ0v) is 11.5. The monoisotopic (exact) mass is 240 g/mol. The normalized spacial score (nSPS) is 12.8. The van der Waals surface area contributed by atoms with Gasteiger partial charge in [-0.05, 0) is 20.8 Å². The van der Waals surface area contributed by atoms with Gasteiger partial charge in [0, 0.05) is 32.8 Å². The van der Waals surface area contributed by atoms with Crippen molar-refractivity contribution < 1.29 is 4.74 Å². The third-order valence-electron chi connectivity index (χ3n) is 3.07. The number of nitrogens with two attached hydrogens (primary N) is 1. The van der Waals surface area contributed by atoms with Gasteiger partial charge in [-0.3, -0.25) is 4.68 Å². The number of methoxy groups -OCH3 is 1. The van der Waals surface area contributed by atoms with E-state index in [-0.39, 0.29) is 0 Å². The molecule has 0 aliphatic carbocycles. The second-order valence-corrected chi connectivity index (χ2v) is 4.31. The Bertz CT molecular complexity index is 362. The molecule has 0 spiro atoms. The lowest BCUT2D eigenvalue weighted by Crippen LogP contribution is -2.38. The van der Waals surface area contributed by atoms with Crippen molar-refractivity contribution in [2.24, 2.45) is 12.8 Å². The van der Waals surface area contributed by atoms with E-state index < -0.39 is 0 Å². The van der Waals surface area contributed by atoms with Gasteiger partial charge in [-0.2, -0.15) is 5.10 Å². The van der Waals surface area contributed by atoms with Gasteiger partial charge in [0.15, 0.2) is 0 Å². The maximum absolute atomic E-state index is 5.82. The molecule has 1 unspecified atom stereocenters. The van der Waals surface area contributed by atoms with E-state index in [0.29, 0.717) is 19.2 Å². The van der Waals surface area contributed by atoms with Crippen LogP contribution in [0.1, 0.15) is 25.1 Å². The molecule has 5 heteroatoms. The third-order valence-corrected chi connectivity index (χ3v) is 3.07. The molecule has 1 aromatic rings. The second kappa shape index (κ2) is 6.02. The highest BCUT2D eigenvalue weighted by atomic mass is 16.5. The Hall–Kier alpha value is -1.07. The quantitative estimate of drug-likeness (QED) is 0.807. The first-order valence-corrected chi connectivity index (χ1v) is 6.04. The number of likely N-dealkylation sites (N-methyl/N-ethyl adjacent to an activating group) is 1. The lowest BCUT2D eigenvalue weighted by Gasteiger charge is -2.30. The zero-order valence-electron chi connectivity index (χ0n) is 11.5. The summed E-state index contributed by atoms with van der Waals surface area (Å²) in [6.45, 7) is 8.41. The van der Waals surface area contributed by atoms with E-state index in [4.69, 9.17) is 10.5 Å². The zero-order chi connectivity index (χ0) is 13.0. The largest absolute Gasteiger partial charge is 0.383 e. The highest BCUT2D eigenvalue weighted by molar-refractivity contribution is 5.50. The molecular formula is C12H24N4O. The Balaban J connectivity index is 3.10. The molecule has 5 nitrogen and oxygen atoms in total. The first kappa shape index (κ1) is 14.0. The average Bonchev–Trinajstić information content (AvgIpc) is 2.55. The van der Waals surface area contributed by atoms with Crippen molar-refractivity contribution in [3.63, 3.8) is 0 Å². The molecule has 1 atom stereocenters. The number of anilines is 1. The summed E-state index contributed by atoms with van der Waals surface area (Å²) in [5.74, 6) is 1.11. The van der Waals surface area contributed by atoms with Gasteiger partial charge in [0.25, 0.3) is 0 Å². The van der Waals surface area contributed by atoms with E-state index in [9.17, 15) is 0 Å². The molecule has 0 radical (unpaired) electrons. The van der Waals surface area contributed by atoms with Crippen LogP contribution in [0.5, 0.6) is 0 Å². The van der Waals surface area contributed by atoms with Gasteiger partial charge in [-0.25, -0.2) is 0 Å². The minimum Gasteiger partial charge on any atom is -0.383 e. The van der Waals surface area contributed by atoms with Crippen LogP contribution in [-0.4, -0.2) is 36.1 Å². The Kier molecular flexibility index (Phi) is 4.96. The Labute approximate surface area is 104 Å². The van der Waals surface area contributed by atoms with Crippen LogP contribution in [0.3, 0.4) is 0 Å². The van der Waals surface area contributed by atoms with Crippen LogP contribution in [0, 0.1) is 6.92 Å². The molecule has 0 aliphatic rings. The minimum absolute atomic E-state index is 0.310. The number of aromatic nitrogens is 2. The summed E-state index contributed by atoms with van der Waals surface area (Å²) in [7, 11) is 3.69. The van der Waals surface area contributed by atoms with Crippen molar-refractivity contribution in [1.29, 1.82) is 0 Å². The predicted molar refractivity (Wildman–Crippen MR) is 70.2 cm³/mol. The lowest BCUT2D eigenvalue weighted by atomic mass is 10.2. The number of hydrogen-bond donors (Lipinski definition) is 1. The van der Waals surface area contributed by atoms with Crippen LogP contribution in [-0.2, 0) is 18.3 Å². The van der Waals surface area contributed by atoms with Crippen LogP contribution in [0.25, 0.3) is 0 Å². The van der Waals surface area contributed by atoms with Gasteiger partial charge in [0.05, 0.1) is 18.3 Å². The number of hydrogen-bond acceptors (Lipinski definition) is 4. The van der Waals surface area contributed by atoms with E-state index in [1.165, 1.54) is 0 Å². The fraction of sp³-hybridized carbons (Fsp3) is 0.750. The van der Waals surface area contributed by atoms with Crippen LogP contribution in [0.2, 0.25) is 0 Å². The van der Waals surface area contributed by atoms with E-state index in [1.54, 1.807) is 7.11 Å². The molecule has 17 heavy (non-hydrogen) atoms. The molecular weight excluding hydrogens is 216 g/mol. The summed E-state index contributed by atoms with van der Waals surface area (Å²) in [6, 6.07) is 0.310. The number of nitrogens with zero attached hydrogens (tertiary/aromatic N) is 3. The molecule has 0 aromatic carbocycles. The molecule has 0 aliphatic heterocycles. The van der Waals surface area contributed by atoms with Crippen molar-refractivity contribution in [1.82, 2.24) is 9.78 Å². The number of aryl methyl sites for hydroxylation is 2. The average molecular weight is 240 g/mol. The third kappa shape index (κ3) is 2.79. The van der Waals surface area contributed by atoms with Crippen molar-refractivity contribution in [3.05, 3.63) is 11.3 Å². The minimum atomic E-state index is 0.310. The highest BCUT2D eigenvalue weighted by Gasteiger charge is 2.21. The van der Waals surface area contributed by atoms with Crippen molar-refractivity contribution in [2.45, 2.75) is 33.4 Å². The molecule has 0 bridgehead atoms. The van der Waals surface area contributed by atoms with Gasteiger partial charge >= 0.3 is 0 Å². The lowest BCUT2D eigenvalue weighted by molar-refractivity contribution is 0.181. The van der Waals surface area contributed by atoms with Gasteiger partial charge in [-0.15, -0.1) is 0 Å². The number of ether oxygens (including phenoxy) is 1. The van der Waals surface area contributed by atoms with Crippen molar-refractivity contribution >= 4 is 5.82 Å². The standard InChI is InChI=1S/C12H24N4O/c1-6-16(9(2)8-17-5)12-11(7-13)10(3)14-15(12)4/h9H,6-8,13H2,1-5H3. The summed E-state index contributed by atoms with van der Waals surface area (Å²) in [6.07, 6.45) is 0. The summed E-state index contributed by atoms with van der Waals surface area (Å²) < 4.78 is 7.14. The topological polar surface area (TPSA) is 56.3 Å². The first-order chi connectivity index (χ1) is 8.06. The molecule has 98 valence electrons. The fourth-order valence-corrected chi connectivity index (χ4v) is 2.29. The fourth-order valence-electron chi connectivity index (χ4n) is 2.29. The van der Waals surface area contributed by atoms with E-state index in [0.717, 1.165) is 23.6 Å². The number of rotatable bonds is 6. The molecule has 0 fully saturated rings. The van der Waals surface area contributed by atoms with Crippen LogP contribution in [0.4, 0.5) is 5.82 Å². The molecule has 0 saturated carbocycles. The molecule has 1 rings (SSSR count). The van der Waals surface area contributed by atoms with Crippen LogP contribution in [0.15, 0.2) is 0 Å². The summed E-state index contributed by atoms with van der Waals surface area (Å²) in [4.78, 5) is 2.28. The summed E-state index contributed by atoms with van der Waals surface area (Å²) in [5.41, 5.74) is 7.95. The second-order valence-electron chi connectivity index (χ2n) is 4.31. The smallest absolute Gasteiger partial charge is 0.131 e. The van der Waals surface area contributed by atoms with E-state index >= 15 is 0 Å². The van der Waals surface area contributed by atoms with Crippen LogP contribution >= 0.6 is 0 Å². The summed E-state index contributed by atoms with van der Waals surface area (Å²) >= 11 is 0. The van der Waals surface area contributed by atoms with Gasteiger partial charge < -0.3 is 15.4 Å². The van der Waals surface area contributed by atoms with Gasteiger partial charge in [-0.1, -0.05) is 0 Å². The van der Waals surface area contributed by atoms with Crippen molar-refractivity contribution in [3.8, 4) is 0 Å². The SMILES string of the molecule is CCN(c1c(CN)c(C)nn1C)C(C)COC. The first-order valence-electron chi connectivity index (χ1n) is 6.04. The maximum atomic E-state index is 5.82. The molecule has 0 saturated heterocycles. The molecule has 0 amide bonds. The Morgan fingerprint density at radius 1 is 1.53 bits per heavy atom. The van der Waals surface area contributed by atoms with Crippen LogP contribution < -0.4 is 10.6 Å². The van der Waals surface area contributed by atoms with Gasteiger partial charge in [0.1, 0.15) is 5.82 Å². The maximum Gasteiger partial charge on any atom is 0.131 e. The predicted octanol–water partition coefficient (Wildman–Crippen LogP) is 1.05.